The third-order valence-corrected chi connectivity index (χ3v) is 3.99. The molecule has 1 aromatic heterocycles. The highest BCUT2D eigenvalue weighted by Gasteiger charge is 2.13. The molecular formula is C16H17Cl2N3O3. The lowest BCUT2D eigenvalue weighted by Crippen LogP contribution is -2.33. The summed E-state index contributed by atoms with van der Waals surface area (Å²) in [6.07, 6.45) is 0. The summed E-state index contributed by atoms with van der Waals surface area (Å²) in [4.78, 5) is 27.9. The molecular weight excluding hydrogens is 353 g/mol. The predicted octanol–water partition coefficient (Wildman–Crippen LogP) is 2.61. The van der Waals surface area contributed by atoms with Crippen molar-refractivity contribution in [2.45, 2.75) is 20.4 Å². The van der Waals surface area contributed by atoms with Gasteiger partial charge in [0.05, 0.1) is 17.2 Å². The van der Waals surface area contributed by atoms with E-state index in [1.165, 1.54) is 23.8 Å². The Morgan fingerprint density at radius 2 is 1.88 bits per heavy atom. The van der Waals surface area contributed by atoms with E-state index in [9.17, 15) is 9.59 Å². The molecule has 0 unspecified atom stereocenters. The van der Waals surface area contributed by atoms with Crippen LogP contribution in [0.15, 0.2) is 23.0 Å². The molecule has 24 heavy (non-hydrogen) atoms. The molecule has 1 aromatic carbocycles. The first-order chi connectivity index (χ1) is 11.3. The van der Waals surface area contributed by atoms with Crippen molar-refractivity contribution in [3.63, 3.8) is 0 Å². The second-order valence-corrected chi connectivity index (χ2v) is 6.02. The molecule has 0 fully saturated rings. The summed E-state index contributed by atoms with van der Waals surface area (Å²) in [6, 6.07) is 4.77. The van der Waals surface area contributed by atoms with Crippen molar-refractivity contribution < 1.29 is 9.53 Å². The Labute approximate surface area is 149 Å². The maximum absolute atomic E-state index is 12.2. The second kappa shape index (κ2) is 7.68. The SMILES string of the molecule is COc1c(Cl)cc(C(=O)NCCn2c(C)cc(C)nc2=O)cc1Cl. The first-order valence-corrected chi connectivity index (χ1v) is 7.95. The Bertz CT molecular complexity index is 811. The van der Waals surface area contributed by atoms with Crippen LogP contribution in [-0.2, 0) is 6.54 Å². The van der Waals surface area contributed by atoms with Gasteiger partial charge in [-0.25, -0.2) is 4.79 Å². The van der Waals surface area contributed by atoms with Crippen molar-refractivity contribution in [3.8, 4) is 5.75 Å². The molecule has 0 aliphatic heterocycles. The number of nitrogens with one attached hydrogen (secondary N) is 1. The zero-order valence-electron chi connectivity index (χ0n) is 13.5. The zero-order valence-corrected chi connectivity index (χ0v) is 15.0. The Kier molecular flexibility index (Phi) is 5.85. The molecule has 0 spiro atoms. The molecule has 2 rings (SSSR count). The Morgan fingerprint density at radius 1 is 1.25 bits per heavy atom. The van der Waals surface area contributed by atoms with E-state index in [4.69, 9.17) is 27.9 Å². The smallest absolute Gasteiger partial charge is 0.348 e. The third-order valence-electron chi connectivity index (χ3n) is 3.43. The van der Waals surface area contributed by atoms with Gasteiger partial charge < -0.3 is 10.1 Å². The minimum atomic E-state index is -0.341. The van der Waals surface area contributed by atoms with Crippen LogP contribution in [0.1, 0.15) is 21.7 Å². The molecule has 0 saturated heterocycles. The monoisotopic (exact) mass is 369 g/mol. The number of carbonyl (C=O) groups excluding carboxylic acids is 1. The summed E-state index contributed by atoms with van der Waals surface area (Å²) in [6.45, 7) is 4.17. The van der Waals surface area contributed by atoms with Crippen molar-refractivity contribution in [1.29, 1.82) is 0 Å². The van der Waals surface area contributed by atoms with E-state index in [-0.39, 0.29) is 28.2 Å². The van der Waals surface area contributed by atoms with Gasteiger partial charge in [-0.2, -0.15) is 4.98 Å². The Balaban J connectivity index is 2.06. The number of amides is 1. The summed E-state index contributed by atoms with van der Waals surface area (Å²) in [7, 11) is 1.45. The van der Waals surface area contributed by atoms with Gasteiger partial charge in [0.25, 0.3) is 5.91 Å². The molecule has 1 amide bonds. The van der Waals surface area contributed by atoms with Crippen LogP contribution in [-0.4, -0.2) is 29.1 Å². The Hall–Kier alpha value is -2.05. The highest BCUT2D eigenvalue weighted by molar-refractivity contribution is 6.37. The molecule has 0 aliphatic carbocycles. The number of benzene rings is 1. The van der Waals surface area contributed by atoms with Gasteiger partial charge in [0.15, 0.2) is 5.75 Å². The summed E-state index contributed by atoms with van der Waals surface area (Å²) in [5.74, 6) is -0.0185. The largest absolute Gasteiger partial charge is 0.494 e. The predicted molar refractivity (Wildman–Crippen MR) is 93.3 cm³/mol. The summed E-state index contributed by atoms with van der Waals surface area (Å²) in [5, 5.41) is 3.23. The van der Waals surface area contributed by atoms with Gasteiger partial charge in [-0.1, -0.05) is 23.2 Å². The van der Waals surface area contributed by atoms with Gasteiger partial charge >= 0.3 is 5.69 Å². The number of nitrogens with zero attached hydrogens (tertiary/aromatic N) is 2. The van der Waals surface area contributed by atoms with E-state index in [1.807, 2.05) is 13.0 Å². The minimum Gasteiger partial charge on any atom is -0.494 e. The number of halogens is 2. The van der Waals surface area contributed by atoms with Crippen LogP contribution in [0.2, 0.25) is 10.0 Å². The maximum Gasteiger partial charge on any atom is 0.348 e. The highest BCUT2D eigenvalue weighted by atomic mass is 35.5. The van der Waals surface area contributed by atoms with E-state index in [1.54, 1.807) is 6.92 Å². The Morgan fingerprint density at radius 3 is 2.42 bits per heavy atom. The number of aromatic nitrogens is 2. The minimum absolute atomic E-state index is 0.255. The van der Waals surface area contributed by atoms with Crippen molar-refractivity contribution in [1.82, 2.24) is 14.9 Å². The first-order valence-electron chi connectivity index (χ1n) is 7.19. The van der Waals surface area contributed by atoms with Gasteiger partial charge in [-0.3, -0.25) is 9.36 Å². The highest BCUT2D eigenvalue weighted by Crippen LogP contribution is 2.33. The van der Waals surface area contributed by atoms with Gasteiger partial charge in [0.1, 0.15) is 0 Å². The van der Waals surface area contributed by atoms with E-state index < -0.39 is 0 Å². The molecule has 0 saturated carbocycles. The van der Waals surface area contributed by atoms with Crippen LogP contribution in [0.3, 0.4) is 0 Å². The molecule has 128 valence electrons. The number of methoxy groups -OCH3 is 1. The fourth-order valence-electron chi connectivity index (χ4n) is 2.32. The van der Waals surface area contributed by atoms with Crippen LogP contribution in [0.4, 0.5) is 0 Å². The number of ether oxygens (including phenoxy) is 1. The van der Waals surface area contributed by atoms with Gasteiger partial charge in [-0.15, -0.1) is 0 Å². The lowest BCUT2D eigenvalue weighted by molar-refractivity contribution is 0.0952. The lowest BCUT2D eigenvalue weighted by atomic mass is 10.2. The molecule has 1 heterocycles. The van der Waals surface area contributed by atoms with Crippen molar-refractivity contribution >= 4 is 29.1 Å². The number of aryl methyl sites for hydroxylation is 2. The summed E-state index contributed by atoms with van der Waals surface area (Å²) in [5.41, 5.74) is 1.44. The van der Waals surface area contributed by atoms with Crippen LogP contribution >= 0.6 is 23.2 Å². The molecule has 6 nitrogen and oxygen atoms in total. The van der Waals surface area contributed by atoms with Crippen molar-refractivity contribution in [2.24, 2.45) is 0 Å². The normalized spacial score (nSPS) is 10.5. The quantitative estimate of drug-likeness (QED) is 0.878. The van der Waals surface area contributed by atoms with Gasteiger partial charge in [0.2, 0.25) is 0 Å². The van der Waals surface area contributed by atoms with Crippen LogP contribution < -0.4 is 15.7 Å². The molecule has 0 radical (unpaired) electrons. The number of rotatable bonds is 5. The number of carbonyl (C=O) groups is 1. The third kappa shape index (κ3) is 4.07. The lowest BCUT2D eigenvalue weighted by Gasteiger charge is -2.12. The average molecular weight is 370 g/mol. The van der Waals surface area contributed by atoms with Gasteiger partial charge in [-0.05, 0) is 32.0 Å². The standard InChI is InChI=1S/C16H17Cl2N3O3/c1-9-6-10(2)21(16(23)20-9)5-4-19-15(22)11-7-12(17)14(24-3)13(18)8-11/h6-8H,4-5H2,1-3H3,(H,19,22). The molecule has 0 aliphatic rings. The van der Waals surface area contributed by atoms with E-state index in [0.717, 1.165) is 5.69 Å². The molecule has 2 aromatic rings. The van der Waals surface area contributed by atoms with Crippen molar-refractivity contribution in [3.05, 3.63) is 55.7 Å². The maximum atomic E-state index is 12.2. The van der Waals surface area contributed by atoms with Crippen LogP contribution in [0, 0.1) is 13.8 Å². The molecule has 8 heteroatoms. The van der Waals surface area contributed by atoms with E-state index in [0.29, 0.717) is 23.6 Å². The summed E-state index contributed by atoms with van der Waals surface area (Å²) < 4.78 is 6.55. The molecule has 0 bridgehead atoms. The van der Waals surface area contributed by atoms with Gasteiger partial charge in [0, 0.05) is 30.0 Å². The fraction of sp³-hybridized carbons (Fsp3) is 0.312. The van der Waals surface area contributed by atoms with E-state index >= 15 is 0 Å². The zero-order chi connectivity index (χ0) is 17.9. The number of hydrogen-bond donors (Lipinski definition) is 1. The van der Waals surface area contributed by atoms with Crippen LogP contribution in [0.5, 0.6) is 5.75 Å². The number of hydrogen-bond acceptors (Lipinski definition) is 4. The summed E-state index contributed by atoms with van der Waals surface area (Å²) >= 11 is 12.0. The fourth-order valence-corrected chi connectivity index (χ4v) is 2.96. The van der Waals surface area contributed by atoms with Crippen LogP contribution in [0.25, 0.3) is 0 Å². The first kappa shape index (κ1) is 18.3. The molecule has 1 N–H and O–H groups in total. The van der Waals surface area contributed by atoms with E-state index in [2.05, 4.69) is 10.3 Å². The van der Waals surface area contributed by atoms with Crippen molar-refractivity contribution in [2.75, 3.05) is 13.7 Å². The average Bonchev–Trinajstić information content (AvgIpc) is 2.49. The molecule has 0 atom stereocenters. The second-order valence-electron chi connectivity index (χ2n) is 5.20. The topological polar surface area (TPSA) is 73.2 Å².